The van der Waals surface area contributed by atoms with Gasteiger partial charge in [-0.05, 0) is 47.4 Å². The average molecular weight is 259 g/mol. The highest BCUT2D eigenvalue weighted by Gasteiger charge is 2.08. The van der Waals surface area contributed by atoms with E-state index >= 15 is 0 Å². The first-order valence-electron chi connectivity index (χ1n) is 5.69. The van der Waals surface area contributed by atoms with Gasteiger partial charge in [0.1, 0.15) is 0 Å². The van der Waals surface area contributed by atoms with Crippen LogP contribution >= 0.6 is 0 Å². The molecule has 19 heavy (non-hydrogen) atoms. The van der Waals surface area contributed by atoms with Gasteiger partial charge in [0, 0.05) is 0 Å². The largest absolute Gasteiger partial charge is 0.545 e. The van der Waals surface area contributed by atoms with E-state index in [-0.39, 0.29) is 11.3 Å². The SMILES string of the molecule is COc1cc(-c2ccc(C(=O)[O-])cc2C)ccc1F. The number of rotatable bonds is 3. The molecule has 2 aromatic carbocycles. The molecule has 0 aliphatic heterocycles. The van der Waals surface area contributed by atoms with Crippen LogP contribution in [-0.2, 0) is 0 Å². The van der Waals surface area contributed by atoms with Crippen LogP contribution < -0.4 is 9.84 Å². The maximum Gasteiger partial charge on any atom is 0.165 e. The van der Waals surface area contributed by atoms with Gasteiger partial charge in [0.05, 0.1) is 13.1 Å². The minimum absolute atomic E-state index is 0.121. The minimum Gasteiger partial charge on any atom is -0.545 e. The number of methoxy groups -OCH3 is 1. The summed E-state index contributed by atoms with van der Waals surface area (Å²) in [5.41, 5.74) is 2.48. The first-order valence-corrected chi connectivity index (χ1v) is 5.69. The van der Waals surface area contributed by atoms with Gasteiger partial charge < -0.3 is 14.6 Å². The van der Waals surface area contributed by atoms with Crippen molar-refractivity contribution in [2.75, 3.05) is 7.11 Å². The third-order valence-corrected chi connectivity index (χ3v) is 2.92. The number of carbonyl (C=O) groups is 1. The number of halogens is 1. The second-order valence-electron chi connectivity index (χ2n) is 4.17. The monoisotopic (exact) mass is 259 g/mol. The number of ether oxygens (including phenoxy) is 1. The van der Waals surface area contributed by atoms with Gasteiger partial charge in [-0.25, -0.2) is 4.39 Å². The molecule has 0 N–H and O–H groups in total. The quantitative estimate of drug-likeness (QED) is 0.848. The average Bonchev–Trinajstić information content (AvgIpc) is 2.39. The van der Waals surface area contributed by atoms with E-state index in [9.17, 15) is 14.3 Å². The second-order valence-corrected chi connectivity index (χ2v) is 4.17. The summed E-state index contributed by atoms with van der Waals surface area (Å²) in [5.74, 6) is -1.50. The highest BCUT2D eigenvalue weighted by Crippen LogP contribution is 2.29. The molecular weight excluding hydrogens is 247 g/mol. The summed E-state index contributed by atoms with van der Waals surface area (Å²) in [6, 6.07) is 9.19. The zero-order chi connectivity index (χ0) is 14.0. The summed E-state index contributed by atoms with van der Waals surface area (Å²) in [7, 11) is 1.40. The van der Waals surface area contributed by atoms with E-state index in [0.717, 1.165) is 16.7 Å². The van der Waals surface area contributed by atoms with Crippen LogP contribution in [0.15, 0.2) is 36.4 Å². The number of hydrogen-bond donors (Lipinski definition) is 0. The van der Waals surface area contributed by atoms with Crippen molar-refractivity contribution in [3.63, 3.8) is 0 Å². The molecule has 3 nitrogen and oxygen atoms in total. The fourth-order valence-corrected chi connectivity index (χ4v) is 1.94. The third kappa shape index (κ3) is 2.57. The zero-order valence-corrected chi connectivity index (χ0v) is 10.6. The molecule has 0 atom stereocenters. The van der Waals surface area contributed by atoms with Gasteiger partial charge >= 0.3 is 0 Å². The van der Waals surface area contributed by atoms with Crippen molar-refractivity contribution < 1.29 is 19.0 Å². The lowest BCUT2D eigenvalue weighted by molar-refractivity contribution is -0.255. The van der Waals surface area contributed by atoms with Crippen LogP contribution in [0, 0.1) is 12.7 Å². The van der Waals surface area contributed by atoms with Gasteiger partial charge in [0.25, 0.3) is 0 Å². The predicted octanol–water partition coefficient (Wildman–Crippen LogP) is 2.17. The van der Waals surface area contributed by atoms with Crippen LogP contribution in [0.3, 0.4) is 0 Å². The topological polar surface area (TPSA) is 49.4 Å². The lowest BCUT2D eigenvalue weighted by Gasteiger charge is -2.11. The zero-order valence-electron chi connectivity index (χ0n) is 10.6. The highest BCUT2D eigenvalue weighted by molar-refractivity contribution is 5.87. The van der Waals surface area contributed by atoms with E-state index in [0.29, 0.717) is 0 Å². The van der Waals surface area contributed by atoms with Crippen LogP contribution in [0.25, 0.3) is 11.1 Å². The van der Waals surface area contributed by atoms with Crippen molar-refractivity contribution in [3.05, 3.63) is 53.3 Å². The number of hydrogen-bond acceptors (Lipinski definition) is 3. The number of aromatic carboxylic acids is 1. The van der Waals surface area contributed by atoms with E-state index in [1.165, 1.54) is 25.3 Å². The number of aryl methyl sites for hydroxylation is 1. The molecule has 98 valence electrons. The van der Waals surface area contributed by atoms with Crippen LogP contribution in [0.4, 0.5) is 4.39 Å². The van der Waals surface area contributed by atoms with Crippen molar-refractivity contribution in [1.82, 2.24) is 0 Å². The molecule has 0 bridgehead atoms. The highest BCUT2D eigenvalue weighted by atomic mass is 19.1. The van der Waals surface area contributed by atoms with Crippen molar-refractivity contribution in [3.8, 4) is 16.9 Å². The molecule has 0 radical (unpaired) electrons. The molecule has 0 fully saturated rings. The lowest BCUT2D eigenvalue weighted by Crippen LogP contribution is -2.22. The number of carboxylic acid groups (broad SMARTS) is 1. The Bertz CT molecular complexity index is 635. The van der Waals surface area contributed by atoms with Gasteiger partial charge in [0.2, 0.25) is 0 Å². The van der Waals surface area contributed by atoms with Gasteiger partial charge in [-0.15, -0.1) is 0 Å². The van der Waals surface area contributed by atoms with Crippen LogP contribution in [0.2, 0.25) is 0 Å². The van der Waals surface area contributed by atoms with E-state index in [4.69, 9.17) is 4.74 Å². The molecule has 0 saturated heterocycles. The Hall–Kier alpha value is -2.36. The summed E-state index contributed by atoms with van der Waals surface area (Å²) in [4.78, 5) is 10.8. The van der Waals surface area contributed by atoms with E-state index in [2.05, 4.69) is 0 Å². The Balaban J connectivity index is 2.50. The minimum atomic E-state index is -1.22. The molecule has 0 heterocycles. The fraction of sp³-hybridized carbons (Fsp3) is 0.133. The molecule has 0 aliphatic carbocycles. The number of carboxylic acids is 1. The van der Waals surface area contributed by atoms with Crippen molar-refractivity contribution in [2.24, 2.45) is 0 Å². The Morgan fingerprint density at radius 2 is 1.95 bits per heavy atom. The standard InChI is InChI=1S/C15H13FO3/c1-9-7-11(15(17)18)3-5-12(9)10-4-6-13(16)14(8-10)19-2/h3-8H,1-2H3,(H,17,18)/p-1. The summed E-state index contributed by atoms with van der Waals surface area (Å²) >= 11 is 0. The number of carbonyl (C=O) groups excluding carboxylic acids is 1. The van der Waals surface area contributed by atoms with Gasteiger partial charge in [-0.3, -0.25) is 0 Å². The molecular formula is C15H12FO3-. The second kappa shape index (κ2) is 5.10. The van der Waals surface area contributed by atoms with Crippen molar-refractivity contribution in [1.29, 1.82) is 0 Å². The van der Waals surface area contributed by atoms with Crippen LogP contribution in [0.1, 0.15) is 15.9 Å². The smallest absolute Gasteiger partial charge is 0.165 e. The first kappa shape index (κ1) is 13.1. The maximum absolute atomic E-state index is 13.3. The van der Waals surface area contributed by atoms with Crippen LogP contribution in [-0.4, -0.2) is 13.1 Å². The fourth-order valence-electron chi connectivity index (χ4n) is 1.94. The normalized spacial score (nSPS) is 10.3. The summed E-state index contributed by atoms with van der Waals surface area (Å²) in [5, 5.41) is 10.8. The third-order valence-electron chi connectivity index (χ3n) is 2.92. The summed E-state index contributed by atoms with van der Waals surface area (Å²) in [6.07, 6.45) is 0. The Morgan fingerprint density at radius 1 is 1.21 bits per heavy atom. The Morgan fingerprint density at radius 3 is 2.53 bits per heavy atom. The molecule has 2 rings (SSSR count). The number of benzene rings is 2. The van der Waals surface area contributed by atoms with E-state index in [1.807, 2.05) is 0 Å². The predicted molar refractivity (Wildman–Crippen MR) is 67.5 cm³/mol. The molecule has 0 amide bonds. The van der Waals surface area contributed by atoms with Crippen LogP contribution in [0.5, 0.6) is 5.75 Å². The Kier molecular flexibility index (Phi) is 3.51. The van der Waals surface area contributed by atoms with Crippen molar-refractivity contribution >= 4 is 5.97 Å². The molecule has 0 aromatic heterocycles. The lowest BCUT2D eigenvalue weighted by atomic mass is 9.98. The molecule has 0 unspecified atom stereocenters. The van der Waals surface area contributed by atoms with Gasteiger partial charge in [-0.2, -0.15) is 0 Å². The van der Waals surface area contributed by atoms with Gasteiger partial charge in [0.15, 0.2) is 11.6 Å². The Labute approximate surface area is 110 Å². The summed E-state index contributed by atoms with van der Waals surface area (Å²) < 4.78 is 18.3. The summed E-state index contributed by atoms with van der Waals surface area (Å²) in [6.45, 7) is 1.79. The molecule has 2 aromatic rings. The molecule has 0 saturated carbocycles. The van der Waals surface area contributed by atoms with E-state index < -0.39 is 11.8 Å². The molecule has 0 aliphatic rings. The van der Waals surface area contributed by atoms with Crippen molar-refractivity contribution in [2.45, 2.75) is 6.92 Å². The first-order chi connectivity index (χ1) is 9.02. The maximum atomic E-state index is 13.3. The van der Waals surface area contributed by atoms with Gasteiger partial charge in [-0.1, -0.05) is 18.2 Å². The molecule has 0 spiro atoms. The molecule has 4 heteroatoms. The van der Waals surface area contributed by atoms with E-state index in [1.54, 1.807) is 25.1 Å².